The molecule has 2 fully saturated rings. The van der Waals surface area contributed by atoms with E-state index in [1.807, 2.05) is 11.8 Å². The fraction of sp³-hybridized carbons (Fsp3) is 0.857. The van der Waals surface area contributed by atoms with E-state index in [0.29, 0.717) is 39.0 Å². The van der Waals surface area contributed by atoms with Gasteiger partial charge in [-0.15, -0.1) is 0 Å². The molecule has 20 heavy (non-hydrogen) atoms. The summed E-state index contributed by atoms with van der Waals surface area (Å²) < 4.78 is 0. The van der Waals surface area contributed by atoms with Crippen LogP contribution in [0.5, 0.6) is 0 Å². The predicted octanol–water partition coefficient (Wildman–Crippen LogP) is 1.11. The van der Waals surface area contributed by atoms with Crippen molar-refractivity contribution in [2.75, 3.05) is 26.2 Å². The van der Waals surface area contributed by atoms with Crippen LogP contribution < -0.4 is 5.73 Å². The van der Waals surface area contributed by atoms with Crippen molar-refractivity contribution in [3.8, 4) is 0 Å². The van der Waals surface area contributed by atoms with Crippen molar-refractivity contribution in [2.45, 2.75) is 45.1 Å². The largest absolute Gasteiger partial charge is 0.481 e. The van der Waals surface area contributed by atoms with Crippen molar-refractivity contribution in [1.29, 1.82) is 0 Å². The molecule has 0 saturated carbocycles. The van der Waals surface area contributed by atoms with Gasteiger partial charge in [0.25, 0.3) is 0 Å². The van der Waals surface area contributed by atoms with E-state index < -0.39 is 11.4 Å². The predicted molar refractivity (Wildman–Crippen MR) is 75.3 cm³/mol. The third-order valence-electron chi connectivity index (χ3n) is 4.79. The van der Waals surface area contributed by atoms with Crippen LogP contribution in [0.15, 0.2) is 0 Å². The Labute approximate surface area is 119 Å². The van der Waals surface area contributed by atoms with E-state index in [1.165, 1.54) is 0 Å². The topological polar surface area (TPSA) is 86.9 Å². The van der Waals surface area contributed by atoms with Crippen LogP contribution in [0.25, 0.3) is 0 Å². The third kappa shape index (κ3) is 2.90. The lowest BCUT2D eigenvalue weighted by atomic mass is 9.78. The number of carbonyl (C=O) groups excluding carboxylic acids is 1. The Kier molecular flexibility index (Phi) is 4.52. The number of urea groups is 1. The van der Waals surface area contributed by atoms with Gasteiger partial charge in [0.2, 0.25) is 0 Å². The smallest absolute Gasteiger partial charge is 0.320 e. The van der Waals surface area contributed by atoms with Crippen LogP contribution >= 0.6 is 0 Å². The molecule has 2 aliphatic rings. The van der Waals surface area contributed by atoms with Gasteiger partial charge in [0.05, 0.1) is 5.41 Å². The summed E-state index contributed by atoms with van der Waals surface area (Å²) in [6, 6.07) is 0.171. The molecule has 2 rings (SSSR count). The number of hydrogen-bond donors (Lipinski definition) is 2. The summed E-state index contributed by atoms with van der Waals surface area (Å²) in [6.07, 6.45) is 3.65. The van der Waals surface area contributed by atoms with E-state index in [9.17, 15) is 14.7 Å². The molecule has 114 valence electrons. The lowest BCUT2D eigenvalue weighted by molar-refractivity contribution is -0.152. The summed E-state index contributed by atoms with van der Waals surface area (Å²) >= 11 is 0. The van der Waals surface area contributed by atoms with Gasteiger partial charge in [-0.3, -0.25) is 4.79 Å². The van der Waals surface area contributed by atoms with Crippen molar-refractivity contribution in [2.24, 2.45) is 11.1 Å². The molecule has 6 nitrogen and oxygen atoms in total. The van der Waals surface area contributed by atoms with E-state index in [4.69, 9.17) is 5.73 Å². The van der Waals surface area contributed by atoms with Crippen LogP contribution in [-0.4, -0.2) is 59.1 Å². The van der Waals surface area contributed by atoms with Gasteiger partial charge >= 0.3 is 12.0 Å². The van der Waals surface area contributed by atoms with Gasteiger partial charge in [-0.25, -0.2) is 4.79 Å². The molecule has 6 heteroatoms. The van der Waals surface area contributed by atoms with Gasteiger partial charge < -0.3 is 20.6 Å². The maximum Gasteiger partial charge on any atom is 0.320 e. The van der Waals surface area contributed by atoms with Gasteiger partial charge in [-0.2, -0.15) is 0 Å². The molecule has 2 amide bonds. The number of carboxylic acids is 1. The first-order valence-corrected chi connectivity index (χ1v) is 7.51. The Balaban J connectivity index is 2.01. The average molecular weight is 283 g/mol. The van der Waals surface area contributed by atoms with Crippen molar-refractivity contribution in [1.82, 2.24) is 9.80 Å². The summed E-state index contributed by atoms with van der Waals surface area (Å²) in [4.78, 5) is 27.6. The number of amides is 2. The summed E-state index contributed by atoms with van der Waals surface area (Å²) in [6.45, 7) is 4.25. The first-order valence-electron chi connectivity index (χ1n) is 7.51. The number of hydrogen-bond acceptors (Lipinski definition) is 3. The van der Waals surface area contributed by atoms with Crippen molar-refractivity contribution >= 4 is 12.0 Å². The Bertz CT molecular complexity index is 380. The second-order valence-corrected chi connectivity index (χ2v) is 6.07. The SMILES string of the molecule is CCC1(C(=O)O)CCCN(C(=O)N2CCC(N)CC2)C1. The molecule has 1 atom stereocenters. The number of carboxylic acid groups (broad SMARTS) is 1. The minimum absolute atomic E-state index is 0.0179. The second kappa shape index (κ2) is 5.99. The number of nitrogens with two attached hydrogens (primary N) is 1. The van der Waals surface area contributed by atoms with Crippen LogP contribution in [-0.2, 0) is 4.79 Å². The van der Waals surface area contributed by atoms with Crippen molar-refractivity contribution in [3.05, 3.63) is 0 Å². The van der Waals surface area contributed by atoms with Gasteiger partial charge in [-0.05, 0) is 32.1 Å². The molecule has 1 unspecified atom stereocenters. The average Bonchev–Trinajstić information content (AvgIpc) is 2.47. The van der Waals surface area contributed by atoms with Crippen LogP contribution in [0, 0.1) is 5.41 Å². The zero-order chi connectivity index (χ0) is 14.8. The molecule has 2 saturated heterocycles. The molecule has 0 spiro atoms. The molecular weight excluding hydrogens is 258 g/mol. The molecule has 0 radical (unpaired) electrons. The van der Waals surface area contributed by atoms with Gasteiger partial charge in [0.15, 0.2) is 0 Å². The van der Waals surface area contributed by atoms with E-state index in [-0.39, 0.29) is 12.1 Å². The highest BCUT2D eigenvalue weighted by molar-refractivity contribution is 5.79. The van der Waals surface area contributed by atoms with Crippen LogP contribution in [0.1, 0.15) is 39.0 Å². The van der Waals surface area contributed by atoms with Gasteiger partial charge in [0.1, 0.15) is 0 Å². The Morgan fingerprint density at radius 3 is 2.45 bits per heavy atom. The lowest BCUT2D eigenvalue weighted by Gasteiger charge is -2.42. The Morgan fingerprint density at radius 2 is 1.90 bits per heavy atom. The fourth-order valence-corrected chi connectivity index (χ4v) is 3.20. The fourth-order valence-electron chi connectivity index (χ4n) is 3.20. The summed E-state index contributed by atoms with van der Waals surface area (Å²) in [5.74, 6) is -0.779. The number of nitrogens with zero attached hydrogens (tertiary/aromatic N) is 2. The van der Waals surface area contributed by atoms with Crippen molar-refractivity contribution < 1.29 is 14.7 Å². The maximum atomic E-state index is 12.5. The molecule has 0 aromatic heterocycles. The molecule has 0 bridgehead atoms. The molecule has 0 aromatic carbocycles. The normalized spacial score (nSPS) is 28.5. The zero-order valence-corrected chi connectivity index (χ0v) is 12.2. The highest BCUT2D eigenvalue weighted by Crippen LogP contribution is 2.34. The number of rotatable bonds is 2. The molecule has 3 N–H and O–H groups in total. The van der Waals surface area contributed by atoms with Crippen LogP contribution in [0.3, 0.4) is 0 Å². The first kappa shape index (κ1) is 15.1. The van der Waals surface area contributed by atoms with E-state index in [0.717, 1.165) is 19.3 Å². The maximum absolute atomic E-state index is 12.5. The monoisotopic (exact) mass is 283 g/mol. The molecule has 2 aliphatic heterocycles. The molecule has 2 heterocycles. The van der Waals surface area contributed by atoms with Gasteiger partial charge in [0, 0.05) is 32.2 Å². The minimum Gasteiger partial charge on any atom is -0.481 e. The summed E-state index contributed by atoms with van der Waals surface area (Å²) in [5, 5.41) is 9.47. The highest BCUT2D eigenvalue weighted by Gasteiger charge is 2.43. The third-order valence-corrected chi connectivity index (χ3v) is 4.79. The van der Waals surface area contributed by atoms with Crippen LogP contribution in [0.2, 0.25) is 0 Å². The van der Waals surface area contributed by atoms with E-state index in [2.05, 4.69) is 0 Å². The quantitative estimate of drug-likeness (QED) is 0.794. The number of carbonyl (C=O) groups is 2. The lowest BCUT2D eigenvalue weighted by Crippen LogP contribution is -2.55. The highest BCUT2D eigenvalue weighted by atomic mass is 16.4. The Hall–Kier alpha value is -1.30. The molecular formula is C14H25N3O3. The van der Waals surface area contributed by atoms with Crippen LogP contribution in [0.4, 0.5) is 4.79 Å². The standard InChI is InChI=1S/C14H25N3O3/c1-2-14(12(18)19)6-3-7-17(10-14)13(20)16-8-4-11(15)5-9-16/h11H,2-10,15H2,1H3,(H,18,19). The minimum atomic E-state index is -0.779. The number of piperidine rings is 2. The summed E-state index contributed by atoms with van der Waals surface area (Å²) in [5.41, 5.74) is 5.09. The van der Waals surface area contributed by atoms with Crippen molar-refractivity contribution in [3.63, 3.8) is 0 Å². The number of aliphatic carboxylic acids is 1. The van der Waals surface area contributed by atoms with E-state index in [1.54, 1.807) is 4.90 Å². The Morgan fingerprint density at radius 1 is 1.25 bits per heavy atom. The zero-order valence-electron chi connectivity index (χ0n) is 12.2. The molecule has 0 aromatic rings. The second-order valence-electron chi connectivity index (χ2n) is 6.07. The van der Waals surface area contributed by atoms with E-state index >= 15 is 0 Å². The van der Waals surface area contributed by atoms with Gasteiger partial charge in [-0.1, -0.05) is 6.92 Å². The molecule has 0 aliphatic carbocycles. The summed E-state index contributed by atoms with van der Waals surface area (Å²) in [7, 11) is 0. The number of likely N-dealkylation sites (tertiary alicyclic amines) is 2. The first-order chi connectivity index (χ1) is 9.48.